The third kappa shape index (κ3) is 23.3. The Morgan fingerprint density at radius 2 is 1.49 bits per heavy atom. The maximum atomic E-state index is 12.0. The molecule has 0 aliphatic rings. The number of carbonyl (C=O) groups excluding carboxylic acids is 2. The number of ether oxygens (including phenoxy) is 1. The number of allylic oxidation sites excluding steroid dienone is 5. The van der Waals surface area contributed by atoms with E-state index >= 15 is 0 Å². The predicted molar refractivity (Wildman–Crippen MR) is 145 cm³/mol. The van der Waals surface area contributed by atoms with Gasteiger partial charge in [-0.05, 0) is 74.1 Å². The van der Waals surface area contributed by atoms with E-state index in [1.54, 1.807) is 20.8 Å². The van der Waals surface area contributed by atoms with Crippen molar-refractivity contribution in [2.24, 2.45) is 0 Å². The molecule has 0 saturated carbocycles. The molecule has 35 heavy (non-hydrogen) atoms. The van der Waals surface area contributed by atoms with E-state index in [2.05, 4.69) is 56.6 Å². The number of rotatable bonds is 14. The van der Waals surface area contributed by atoms with Crippen molar-refractivity contribution in [1.29, 1.82) is 0 Å². The van der Waals surface area contributed by atoms with Crippen LogP contribution in [0, 0.1) is 0 Å². The number of hydrogen-bond acceptors (Lipinski definition) is 6. The van der Waals surface area contributed by atoms with E-state index in [4.69, 9.17) is 9.84 Å². The first kappa shape index (κ1) is 34.9. The smallest absolute Gasteiger partial charge is 0.408 e. The van der Waals surface area contributed by atoms with Crippen molar-refractivity contribution in [3.05, 3.63) is 34.9 Å². The molecule has 0 bridgehead atoms. The first-order chi connectivity index (χ1) is 16.3. The number of alkyl carbamates (subject to hydrolysis) is 1. The third-order valence-corrected chi connectivity index (χ3v) is 5.35. The maximum absolute atomic E-state index is 12.0. The van der Waals surface area contributed by atoms with Crippen molar-refractivity contribution in [3.8, 4) is 0 Å². The molecule has 0 radical (unpaired) electrons. The fourth-order valence-electron chi connectivity index (χ4n) is 2.61. The molecule has 202 valence electrons. The van der Waals surface area contributed by atoms with E-state index in [1.165, 1.54) is 28.5 Å². The monoisotopic (exact) mass is 514 g/mol. The van der Waals surface area contributed by atoms with Gasteiger partial charge in [0.25, 0.3) is 0 Å². The van der Waals surface area contributed by atoms with Crippen molar-refractivity contribution in [2.45, 2.75) is 85.8 Å². The van der Waals surface area contributed by atoms with Gasteiger partial charge in [0.1, 0.15) is 18.2 Å². The van der Waals surface area contributed by atoms with Crippen LogP contribution < -0.4 is 10.6 Å². The van der Waals surface area contributed by atoms with Gasteiger partial charge >= 0.3 is 12.1 Å². The number of amides is 2. The quantitative estimate of drug-likeness (QED) is 0.193. The number of thioether (sulfide) groups is 1. The van der Waals surface area contributed by atoms with Crippen molar-refractivity contribution < 1.29 is 29.3 Å². The van der Waals surface area contributed by atoms with E-state index < -0.39 is 29.6 Å². The summed E-state index contributed by atoms with van der Waals surface area (Å²) in [5.74, 6) is -0.777. The van der Waals surface area contributed by atoms with Crippen LogP contribution in [0.15, 0.2) is 34.9 Å². The summed E-state index contributed by atoms with van der Waals surface area (Å²) in [6, 6.07) is -1.02. The Labute approximate surface area is 215 Å². The van der Waals surface area contributed by atoms with Crippen LogP contribution in [0.4, 0.5) is 4.79 Å². The summed E-state index contributed by atoms with van der Waals surface area (Å²) in [4.78, 5) is 35.0. The average Bonchev–Trinajstić information content (AvgIpc) is 2.74. The highest BCUT2D eigenvalue weighted by Gasteiger charge is 2.21. The van der Waals surface area contributed by atoms with Crippen LogP contribution in [0.3, 0.4) is 0 Å². The lowest BCUT2D eigenvalue weighted by molar-refractivity contribution is -0.140. The SMILES string of the molecule is CC(C)=CCC/C(C)=C/CC/C(C)=C/CSCC(NC(=O)CNC(=O)OC(C)(C)C)C(=O)O.CO. The van der Waals surface area contributed by atoms with Gasteiger partial charge in [-0.1, -0.05) is 34.9 Å². The number of carbonyl (C=O) groups is 3. The van der Waals surface area contributed by atoms with E-state index in [9.17, 15) is 19.5 Å². The number of carboxylic acids is 1. The summed E-state index contributed by atoms with van der Waals surface area (Å²) in [5.41, 5.74) is 3.33. The highest BCUT2D eigenvalue weighted by Crippen LogP contribution is 2.13. The average molecular weight is 515 g/mol. The van der Waals surface area contributed by atoms with Gasteiger partial charge in [0, 0.05) is 18.6 Å². The second-order valence-corrected chi connectivity index (χ2v) is 10.4. The van der Waals surface area contributed by atoms with Crippen LogP contribution in [0.1, 0.15) is 74.1 Å². The lowest BCUT2D eigenvalue weighted by Crippen LogP contribution is -2.47. The predicted octanol–water partition coefficient (Wildman–Crippen LogP) is 4.84. The van der Waals surface area contributed by atoms with Crippen molar-refractivity contribution >= 4 is 29.7 Å². The standard InChI is InChI=1S/C25H42N2O5S.CH4O/c1-18(2)10-8-11-19(3)12-9-13-20(4)14-15-33-17-21(23(29)30)27-22(28)16-26-24(31)32-25(5,6)7;1-2/h10,12,14,21H,8-9,11,13,15-17H2,1-7H3,(H,26,31)(H,27,28)(H,29,30);2H,1H3/b19-12+,20-14+;. The van der Waals surface area contributed by atoms with Gasteiger partial charge in [0.15, 0.2) is 0 Å². The van der Waals surface area contributed by atoms with Crippen LogP contribution in [-0.2, 0) is 14.3 Å². The van der Waals surface area contributed by atoms with Crippen LogP contribution >= 0.6 is 11.8 Å². The maximum Gasteiger partial charge on any atom is 0.408 e. The zero-order chi connectivity index (χ0) is 27.4. The zero-order valence-corrected chi connectivity index (χ0v) is 23.5. The number of carboxylic acid groups (broad SMARTS) is 1. The fourth-order valence-corrected chi connectivity index (χ4v) is 3.61. The Bertz CT molecular complexity index is 735. The molecule has 0 fully saturated rings. The molecule has 9 heteroatoms. The number of aliphatic hydroxyl groups is 1. The first-order valence-corrected chi connectivity index (χ1v) is 12.9. The van der Waals surface area contributed by atoms with Crippen LogP contribution in [0.5, 0.6) is 0 Å². The lowest BCUT2D eigenvalue weighted by atomic mass is 10.1. The topological polar surface area (TPSA) is 125 Å². The van der Waals surface area contributed by atoms with Crippen LogP contribution in [0.2, 0.25) is 0 Å². The van der Waals surface area contributed by atoms with Gasteiger partial charge in [0.05, 0.1) is 0 Å². The Morgan fingerprint density at radius 3 is 2.00 bits per heavy atom. The Hall–Kier alpha value is -2.26. The van der Waals surface area contributed by atoms with Crippen molar-refractivity contribution in [2.75, 3.05) is 25.2 Å². The highest BCUT2D eigenvalue weighted by atomic mass is 32.2. The van der Waals surface area contributed by atoms with E-state index in [0.29, 0.717) is 5.75 Å². The molecule has 0 saturated heterocycles. The molecule has 0 aromatic rings. The van der Waals surface area contributed by atoms with E-state index in [-0.39, 0.29) is 12.3 Å². The molecule has 1 atom stereocenters. The molecule has 1 unspecified atom stereocenters. The molecule has 0 aromatic carbocycles. The minimum absolute atomic E-state index is 0.237. The first-order valence-electron chi connectivity index (χ1n) is 11.8. The van der Waals surface area contributed by atoms with Crippen LogP contribution in [-0.4, -0.2) is 65.0 Å². The summed E-state index contributed by atoms with van der Waals surface area (Å²) in [7, 11) is 1.00. The van der Waals surface area contributed by atoms with Crippen molar-refractivity contribution in [1.82, 2.24) is 10.6 Å². The Morgan fingerprint density at radius 1 is 0.943 bits per heavy atom. The summed E-state index contributed by atoms with van der Waals surface area (Å²) in [5, 5.41) is 21.1. The Balaban J connectivity index is 0. The van der Waals surface area contributed by atoms with Gasteiger partial charge < -0.3 is 25.6 Å². The summed E-state index contributed by atoms with van der Waals surface area (Å²) < 4.78 is 5.05. The van der Waals surface area contributed by atoms with E-state index in [0.717, 1.165) is 32.8 Å². The largest absolute Gasteiger partial charge is 0.480 e. The van der Waals surface area contributed by atoms with Gasteiger partial charge in [-0.15, -0.1) is 0 Å². The Kier molecular flexibility index (Phi) is 19.9. The second kappa shape index (κ2) is 20.0. The zero-order valence-electron chi connectivity index (χ0n) is 22.7. The van der Waals surface area contributed by atoms with Gasteiger partial charge in [0.2, 0.25) is 5.91 Å². The molecule has 0 aromatic heterocycles. The molecule has 0 aliphatic carbocycles. The fraction of sp³-hybridized carbons (Fsp3) is 0.654. The molecule has 2 amide bonds. The summed E-state index contributed by atoms with van der Waals surface area (Å²) in [6.45, 7) is 13.3. The van der Waals surface area contributed by atoms with Crippen LogP contribution in [0.25, 0.3) is 0 Å². The van der Waals surface area contributed by atoms with Crippen molar-refractivity contribution in [3.63, 3.8) is 0 Å². The molecule has 0 heterocycles. The molecule has 8 nitrogen and oxygen atoms in total. The third-order valence-electron chi connectivity index (χ3n) is 4.38. The van der Waals surface area contributed by atoms with Gasteiger partial charge in [-0.2, -0.15) is 11.8 Å². The normalized spacial score (nSPS) is 12.6. The lowest BCUT2D eigenvalue weighted by Gasteiger charge is -2.20. The summed E-state index contributed by atoms with van der Waals surface area (Å²) >= 11 is 1.44. The molecular weight excluding hydrogens is 468 g/mol. The highest BCUT2D eigenvalue weighted by molar-refractivity contribution is 7.99. The second-order valence-electron chi connectivity index (χ2n) is 9.31. The molecule has 0 aliphatic heterocycles. The summed E-state index contributed by atoms with van der Waals surface area (Å²) in [6.07, 6.45) is 10.0. The molecule has 0 spiro atoms. The van der Waals surface area contributed by atoms with Gasteiger partial charge in [-0.25, -0.2) is 9.59 Å². The minimum atomic E-state index is -1.11. The number of aliphatic hydroxyl groups excluding tert-OH is 1. The molecule has 0 rings (SSSR count). The van der Waals surface area contributed by atoms with Gasteiger partial charge in [-0.3, -0.25) is 4.79 Å². The number of aliphatic carboxylic acids is 1. The van der Waals surface area contributed by atoms with E-state index in [1.807, 2.05) is 0 Å². The number of nitrogens with one attached hydrogen (secondary N) is 2. The number of hydrogen-bond donors (Lipinski definition) is 4. The molecular formula is C26H46N2O6S. The molecule has 4 N–H and O–H groups in total. The minimum Gasteiger partial charge on any atom is -0.480 e.